The molecule has 1 aromatic heterocycles. The van der Waals surface area contributed by atoms with E-state index in [4.69, 9.17) is 32.7 Å². The Labute approximate surface area is 243 Å². The van der Waals surface area contributed by atoms with E-state index < -0.39 is 0 Å². The molecule has 11 heteroatoms. The second-order valence-corrected chi connectivity index (χ2v) is 9.97. The van der Waals surface area contributed by atoms with E-state index in [0.717, 1.165) is 42.7 Å². The van der Waals surface area contributed by atoms with Crippen LogP contribution in [0.25, 0.3) is 0 Å². The molecule has 1 saturated heterocycles. The number of nitrogens with zero attached hydrogens (tertiary/aromatic N) is 5. The molecule has 3 aromatic carbocycles. The summed E-state index contributed by atoms with van der Waals surface area (Å²) in [6.45, 7) is 2.10. The number of benzene rings is 3. The van der Waals surface area contributed by atoms with Crippen molar-refractivity contribution in [2.45, 2.75) is 25.9 Å². The fourth-order valence-electron chi connectivity index (χ4n) is 4.20. The predicted octanol–water partition coefficient (Wildman–Crippen LogP) is 6.95. The number of ether oxygens (including phenoxy) is 2. The zero-order valence-electron chi connectivity index (χ0n) is 22.0. The van der Waals surface area contributed by atoms with Crippen molar-refractivity contribution in [1.82, 2.24) is 15.0 Å². The Balaban J connectivity index is 1.29. The van der Waals surface area contributed by atoms with Crippen LogP contribution in [0, 0.1) is 0 Å². The molecule has 0 amide bonds. The SMILES string of the molecule is COc1cc(C=NNc2nc(Nc3ccccc3)nc(N3CCCCC3)n2)ccc1OCc1ccc(Cl)cc1Cl. The standard InChI is InChI=1S/C29H29Cl2N7O2/c1-39-26-16-20(10-13-25(26)40-19-21-11-12-22(30)17-24(21)31)18-32-37-28-34-27(33-23-8-4-2-5-9-23)35-29(36-28)38-14-6-3-7-15-38/h2,4-5,8-13,16-18H,3,6-7,14-15,19H2,1H3,(H2,33,34,35,36,37). The molecule has 0 atom stereocenters. The van der Waals surface area contributed by atoms with Gasteiger partial charge in [-0.05, 0) is 67.3 Å². The lowest BCUT2D eigenvalue weighted by Gasteiger charge is -2.26. The molecule has 0 radical (unpaired) electrons. The minimum absolute atomic E-state index is 0.277. The normalized spacial score (nSPS) is 13.3. The Kier molecular flexibility index (Phi) is 9.15. The van der Waals surface area contributed by atoms with Gasteiger partial charge in [0.25, 0.3) is 0 Å². The third-order valence-electron chi connectivity index (χ3n) is 6.26. The number of hydrogen-bond acceptors (Lipinski definition) is 9. The smallest absolute Gasteiger partial charge is 0.250 e. The van der Waals surface area contributed by atoms with Crippen LogP contribution in [0.5, 0.6) is 11.5 Å². The topological polar surface area (TPSA) is 96.8 Å². The monoisotopic (exact) mass is 577 g/mol. The second-order valence-electron chi connectivity index (χ2n) is 9.13. The number of hydrogen-bond donors (Lipinski definition) is 2. The number of piperidine rings is 1. The summed E-state index contributed by atoms with van der Waals surface area (Å²) in [7, 11) is 1.59. The lowest BCUT2D eigenvalue weighted by atomic mass is 10.1. The largest absolute Gasteiger partial charge is 0.493 e. The van der Waals surface area contributed by atoms with Crippen LogP contribution in [0.4, 0.5) is 23.5 Å². The molecule has 0 aliphatic carbocycles. The van der Waals surface area contributed by atoms with Gasteiger partial charge in [0.2, 0.25) is 17.8 Å². The molecule has 206 valence electrons. The number of anilines is 4. The minimum atomic E-state index is 0.277. The number of halogens is 2. The molecule has 2 heterocycles. The van der Waals surface area contributed by atoms with Crippen molar-refractivity contribution < 1.29 is 9.47 Å². The van der Waals surface area contributed by atoms with Gasteiger partial charge in [-0.25, -0.2) is 5.43 Å². The van der Waals surface area contributed by atoms with Gasteiger partial charge in [0, 0.05) is 34.4 Å². The number of rotatable bonds is 10. The molecule has 9 nitrogen and oxygen atoms in total. The molecule has 2 N–H and O–H groups in total. The minimum Gasteiger partial charge on any atom is -0.493 e. The summed E-state index contributed by atoms with van der Waals surface area (Å²) in [5, 5.41) is 8.74. The van der Waals surface area contributed by atoms with Gasteiger partial charge in [-0.3, -0.25) is 0 Å². The van der Waals surface area contributed by atoms with Crippen molar-refractivity contribution in [2.75, 3.05) is 35.8 Å². The average molecular weight is 579 g/mol. The molecule has 0 bridgehead atoms. The zero-order chi connectivity index (χ0) is 27.7. The highest BCUT2D eigenvalue weighted by Gasteiger charge is 2.16. The van der Waals surface area contributed by atoms with E-state index in [1.165, 1.54) is 6.42 Å². The van der Waals surface area contributed by atoms with Gasteiger partial charge >= 0.3 is 0 Å². The highest BCUT2D eigenvalue weighted by atomic mass is 35.5. The summed E-state index contributed by atoms with van der Waals surface area (Å²) in [6, 6.07) is 20.6. The fraction of sp³-hybridized carbons (Fsp3) is 0.241. The number of hydrazone groups is 1. The van der Waals surface area contributed by atoms with Gasteiger partial charge in [-0.2, -0.15) is 20.1 Å². The van der Waals surface area contributed by atoms with Crippen LogP contribution in [-0.4, -0.2) is 41.4 Å². The number of nitrogens with one attached hydrogen (secondary N) is 2. The van der Waals surface area contributed by atoms with Crippen molar-refractivity contribution in [3.63, 3.8) is 0 Å². The molecule has 0 unspecified atom stereocenters. The lowest BCUT2D eigenvalue weighted by molar-refractivity contribution is 0.284. The fourth-order valence-corrected chi connectivity index (χ4v) is 4.66. The summed E-state index contributed by atoms with van der Waals surface area (Å²) in [6.07, 6.45) is 5.11. The van der Waals surface area contributed by atoms with Crippen LogP contribution >= 0.6 is 23.2 Å². The van der Waals surface area contributed by atoms with E-state index in [-0.39, 0.29) is 6.61 Å². The molecule has 40 heavy (non-hydrogen) atoms. The summed E-state index contributed by atoms with van der Waals surface area (Å²) in [5.41, 5.74) is 5.47. The first-order valence-corrected chi connectivity index (χ1v) is 13.7. The van der Waals surface area contributed by atoms with Crippen molar-refractivity contribution >= 4 is 52.9 Å². The van der Waals surface area contributed by atoms with E-state index in [2.05, 4.69) is 35.7 Å². The van der Waals surface area contributed by atoms with E-state index in [0.29, 0.717) is 39.4 Å². The van der Waals surface area contributed by atoms with Gasteiger partial charge < -0.3 is 19.7 Å². The van der Waals surface area contributed by atoms with Gasteiger partial charge in [-0.15, -0.1) is 0 Å². The third kappa shape index (κ3) is 7.31. The average Bonchev–Trinajstić information content (AvgIpc) is 2.98. The molecule has 4 aromatic rings. The number of aromatic nitrogens is 3. The zero-order valence-corrected chi connectivity index (χ0v) is 23.5. The second kappa shape index (κ2) is 13.3. The summed E-state index contributed by atoms with van der Waals surface area (Å²) >= 11 is 12.3. The summed E-state index contributed by atoms with van der Waals surface area (Å²) < 4.78 is 11.5. The van der Waals surface area contributed by atoms with Crippen molar-refractivity contribution in [3.8, 4) is 11.5 Å². The maximum atomic E-state index is 6.27. The van der Waals surface area contributed by atoms with Crippen LogP contribution in [0.1, 0.15) is 30.4 Å². The molecule has 0 saturated carbocycles. The van der Waals surface area contributed by atoms with Crippen LogP contribution < -0.4 is 25.1 Å². The van der Waals surface area contributed by atoms with E-state index >= 15 is 0 Å². The van der Waals surface area contributed by atoms with E-state index in [1.54, 1.807) is 25.5 Å². The van der Waals surface area contributed by atoms with Gasteiger partial charge in [-0.1, -0.05) is 47.5 Å². The van der Waals surface area contributed by atoms with Crippen LogP contribution in [0.15, 0.2) is 71.8 Å². The summed E-state index contributed by atoms with van der Waals surface area (Å²) in [5.74, 6) is 2.56. The highest BCUT2D eigenvalue weighted by molar-refractivity contribution is 6.35. The Hall–Kier alpha value is -4.08. The highest BCUT2D eigenvalue weighted by Crippen LogP contribution is 2.30. The first-order valence-electron chi connectivity index (χ1n) is 12.9. The molecular weight excluding hydrogens is 549 g/mol. The van der Waals surface area contributed by atoms with Crippen LogP contribution in [-0.2, 0) is 6.61 Å². The Morgan fingerprint density at radius 3 is 2.48 bits per heavy atom. The Bertz CT molecular complexity index is 1460. The molecular formula is C29H29Cl2N7O2. The third-order valence-corrected chi connectivity index (χ3v) is 6.84. The van der Waals surface area contributed by atoms with E-state index in [9.17, 15) is 0 Å². The Morgan fingerprint density at radius 2 is 1.70 bits per heavy atom. The molecule has 1 aliphatic heterocycles. The number of methoxy groups -OCH3 is 1. The Morgan fingerprint density at radius 1 is 0.900 bits per heavy atom. The quantitative estimate of drug-likeness (QED) is 0.154. The molecule has 1 aliphatic rings. The number of para-hydroxylation sites is 1. The van der Waals surface area contributed by atoms with Crippen molar-refractivity contribution in [1.29, 1.82) is 0 Å². The molecule has 0 spiro atoms. The first kappa shape index (κ1) is 27.5. The van der Waals surface area contributed by atoms with Gasteiger partial charge in [0.05, 0.1) is 13.3 Å². The van der Waals surface area contributed by atoms with Crippen molar-refractivity contribution in [2.24, 2.45) is 5.10 Å². The maximum Gasteiger partial charge on any atom is 0.250 e. The van der Waals surface area contributed by atoms with Crippen LogP contribution in [0.3, 0.4) is 0 Å². The van der Waals surface area contributed by atoms with Gasteiger partial charge in [0.1, 0.15) is 6.61 Å². The van der Waals surface area contributed by atoms with Gasteiger partial charge in [0.15, 0.2) is 11.5 Å². The van der Waals surface area contributed by atoms with E-state index in [1.807, 2.05) is 54.6 Å². The molecule has 5 rings (SSSR count). The lowest BCUT2D eigenvalue weighted by Crippen LogP contribution is -2.31. The predicted molar refractivity (Wildman–Crippen MR) is 161 cm³/mol. The molecule has 1 fully saturated rings. The summed E-state index contributed by atoms with van der Waals surface area (Å²) in [4.78, 5) is 16.0. The van der Waals surface area contributed by atoms with Crippen molar-refractivity contribution in [3.05, 3.63) is 87.9 Å². The van der Waals surface area contributed by atoms with Crippen LogP contribution in [0.2, 0.25) is 10.0 Å². The first-order chi connectivity index (χ1) is 19.6. The maximum absolute atomic E-state index is 6.27.